The first-order chi connectivity index (χ1) is 23.2. The van der Waals surface area contributed by atoms with Gasteiger partial charge in [0.1, 0.15) is 0 Å². The maximum absolute atomic E-state index is 15.1. The maximum atomic E-state index is 15.1. The van der Waals surface area contributed by atoms with Crippen LogP contribution in [0.25, 0.3) is 66.1 Å². The van der Waals surface area contributed by atoms with Crippen LogP contribution in [0.5, 0.6) is 0 Å². The summed E-state index contributed by atoms with van der Waals surface area (Å²) in [6, 6.07) is 38.7. The van der Waals surface area contributed by atoms with E-state index in [2.05, 4.69) is 24.3 Å². The molecule has 0 aliphatic rings. The van der Waals surface area contributed by atoms with Crippen molar-refractivity contribution in [3.05, 3.63) is 143 Å². The number of nitrogens with zero attached hydrogens (tertiary/aromatic N) is 4. The number of hydrogen-bond acceptors (Lipinski definition) is 2. The second-order valence-electron chi connectivity index (χ2n) is 12.1. The van der Waals surface area contributed by atoms with Gasteiger partial charge in [-0.3, -0.25) is 0 Å². The molecule has 0 amide bonds. The van der Waals surface area contributed by atoms with Gasteiger partial charge in [-0.1, -0.05) is 65.7 Å². The third kappa shape index (κ3) is 4.29. The molecule has 0 saturated carbocycles. The van der Waals surface area contributed by atoms with E-state index >= 15 is 13.2 Å². The predicted octanol–water partition coefficient (Wildman–Crippen LogP) is 10.9. The van der Waals surface area contributed by atoms with Crippen molar-refractivity contribution in [3.63, 3.8) is 0 Å². The van der Waals surface area contributed by atoms with Crippen LogP contribution in [0.2, 0.25) is 0 Å². The Balaban J connectivity index is 1.67. The molecule has 2 aromatic heterocycles. The first-order valence-electron chi connectivity index (χ1n) is 15.4. The van der Waals surface area contributed by atoms with Crippen LogP contribution in [-0.2, 0) is 6.18 Å². The third-order valence-electron chi connectivity index (χ3n) is 9.10. The van der Waals surface area contributed by atoms with E-state index in [9.17, 15) is 10.5 Å². The molecule has 0 N–H and O–H groups in total. The van der Waals surface area contributed by atoms with Crippen LogP contribution in [-0.4, -0.2) is 9.13 Å². The van der Waals surface area contributed by atoms with E-state index in [1.807, 2.05) is 95.8 Å². The van der Waals surface area contributed by atoms with E-state index in [0.717, 1.165) is 60.8 Å². The Kier molecular flexibility index (Phi) is 6.44. The highest BCUT2D eigenvalue weighted by Crippen LogP contribution is 2.47. The number of halogens is 3. The molecule has 8 aromatic rings. The number of fused-ring (bicyclic) bond motifs is 6. The molecule has 0 fully saturated rings. The molecule has 4 nitrogen and oxygen atoms in total. The smallest absolute Gasteiger partial charge is 0.308 e. The van der Waals surface area contributed by atoms with Gasteiger partial charge in [-0.15, -0.1) is 0 Å². The number of hydrogen-bond donors (Lipinski definition) is 0. The second-order valence-corrected chi connectivity index (χ2v) is 12.1. The zero-order valence-electron chi connectivity index (χ0n) is 25.9. The summed E-state index contributed by atoms with van der Waals surface area (Å²) in [5.41, 5.74) is 5.05. The number of aromatic nitrogens is 2. The van der Waals surface area contributed by atoms with E-state index in [1.54, 1.807) is 12.1 Å². The molecule has 0 spiro atoms. The molecule has 2 heterocycles. The second kappa shape index (κ2) is 10.6. The van der Waals surface area contributed by atoms with Crippen LogP contribution in [0.3, 0.4) is 0 Å². The number of para-hydroxylation sites is 2. The van der Waals surface area contributed by atoms with Gasteiger partial charge < -0.3 is 9.13 Å². The zero-order valence-corrected chi connectivity index (χ0v) is 25.9. The standard InChI is InChI=1S/C41H25F3N4/c1-24-14-16-35-30(18-24)28-9-3-5-12-33(28)47(35)37-20-26(22-45)21-38(40(37)39-27(23-46)8-7-11-32(39)41(42,43)44)48-34-13-6-4-10-29(34)31-19-25(2)15-17-36(31)48/h3-21H,1-2H3. The summed E-state index contributed by atoms with van der Waals surface area (Å²) in [5.74, 6) is 0. The van der Waals surface area contributed by atoms with Gasteiger partial charge >= 0.3 is 6.18 Å². The topological polar surface area (TPSA) is 57.4 Å². The quantitative estimate of drug-likeness (QED) is 0.195. The van der Waals surface area contributed by atoms with Gasteiger partial charge in [-0.05, 0) is 74.5 Å². The summed E-state index contributed by atoms with van der Waals surface area (Å²) in [4.78, 5) is 0. The summed E-state index contributed by atoms with van der Waals surface area (Å²) < 4.78 is 49.1. The molecule has 48 heavy (non-hydrogen) atoms. The number of aryl methyl sites for hydroxylation is 2. The van der Waals surface area contributed by atoms with Crippen molar-refractivity contribution in [2.45, 2.75) is 20.0 Å². The minimum Gasteiger partial charge on any atom is -0.308 e. The first-order valence-corrected chi connectivity index (χ1v) is 15.4. The van der Waals surface area contributed by atoms with Crippen LogP contribution in [0, 0.1) is 36.5 Å². The lowest BCUT2D eigenvalue weighted by Gasteiger charge is -2.23. The van der Waals surface area contributed by atoms with Crippen LogP contribution < -0.4 is 0 Å². The van der Waals surface area contributed by atoms with Gasteiger partial charge in [-0.2, -0.15) is 23.7 Å². The summed E-state index contributed by atoms with van der Waals surface area (Å²) in [6.07, 6.45) is -4.78. The van der Waals surface area contributed by atoms with Crippen molar-refractivity contribution in [1.82, 2.24) is 9.13 Å². The maximum Gasteiger partial charge on any atom is 0.417 e. The van der Waals surface area contributed by atoms with Crippen LogP contribution in [0.15, 0.2) is 115 Å². The summed E-state index contributed by atoms with van der Waals surface area (Å²) in [6.45, 7) is 3.99. The Hall–Kier alpha value is -6.31. The lowest BCUT2D eigenvalue weighted by molar-refractivity contribution is -0.137. The van der Waals surface area contributed by atoms with E-state index in [4.69, 9.17) is 0 Å². The monoisotopic (exact) mass is 630 g/mol. The Morgan fingerprint density at radius 1 is 0.521 bits per heavy atom. The Morgan fingerprint density at radius 2 is 1.02 bits per heavy atom. The van der Waals surface area contributed by atoms with Gasteiger partial charge in [-0.25, -0.2) is 0 Å². The molecule has 6 aromatic carbocycles. The average molecular weight is 631 g/mol. The van der Waals surface area contributed by atoms with Crippen molar-refractivity contribution in [2.75, 3.05) is 0 Å². The molecule has 0 bridgehead atoms. The largest absolute Gasteiger partial charge is 0.417 e. The lowest BCUT2D eigenvalue weighted by Crippen LogP contribution is -2.12. The Morgan fingerprint density at radius 3 is 1.50 bits per heavy atom. The van der Waals surface area contributed by atoms with Crippen LogP contribution >= 0.6 is 0 Å². The summed E-state index contributed by atoms with van der Waals surface area (Å²) in [5, 5.41) is 24.5. The fraction of sp³-hybridized carbons (Fsp3) is 0.0732. The van der Waals surface area contributed by atoms with Gasteiger partial charge in [0, 0.05) is 32.7 Å². The molecule has 0 unspecified atom stereocenters. The number of nitriles is 2. The van der Waals surface area contributed by atoms with Crippen molar-refractivity contribution in [1.29, 1.82) is 10.5 Å². The molecule has 0 saturated heterocycles. The SMILES string of the molecule is Cc1ccc2c(c1)c1ccccc1n2-c1cc(C#N)cc(-n2c3ccccc3c3cc(C)ccc32)c1-c1c(C#N)cccc1C(F)(F)F. The minimum absolute atomic E-state index is 0.120. The lowest BCUT2D eigenvalue weighted by atomic mass is 9.90. The van der Waals surface area contributed by atoms with Gasteiger partial charge in [0.15, 0.2) is 0 Å². The average Bonchev–Trinajstić information content (AvgIpc) is 3.59. The molecular formula is C41H25F3N4. The van der Waals surface area contributed by atoms with Crippen molar-refractivity contribution < 1.29 is 13.2 Å². The van der Waals surface area contributed by atoms with Gasteiger partial charge in [0.2, 0.25) is 0 Å². The summed E-state index contributed by atoms with van der Waals surface area (Å²) >= 11 is 0. The van der Waals surface area contributed by atoms with Crippen LogP contribution in [0.4, 0.5) is 13.2 Å². The Labute approximate surface area is 273 Å². The summed E-state index contributed by atoms with van der Waals surface area (Å²) in [7, 11) is 0. The molecule has 230 valence electrons. The van der Waals surface area contributed by atoms with Gasteiger partial charge in [0.05, 0.1) is 62.3 Å². The van der Waals surface area contributed by atoms with Crippen LogP contribution in [0.1, 0.15) is 27.8 Å². The highest BCUT2D eigenvalue weighted by atomic mass is 19.4. The van der Waals surface area contributed by atoms with Crippen molar-refractivity contribution >= 4 is 43.6 Å². The van der Waals surface area contributed by atoms with E-state index in [1.165, 1.54) is 12.1 Å². The zero-order chi connectivity index (χ0) is 33.3. The van der Waals surface area contributed by atoms with Crippen molar-refractivity contribution in [3.8, 4) is 34.6 Å². The number of alkyl halides is 3. The normalized spacial score (nSPS) is 11.8. The van der Waals surface area contributed by atoms with Crippen molar-refractivity contribution in [2.24, 2.45) is 0 Å². The fourth-order valence-corrected chi connectivity index (χ4v) is 7.13. The van der Waals surface area contributed by atoms with Gasteiger partial charge in [0.25, 0.3) is 0 Å². The highest BCUT2D eigenvalue weighted by Gasteiger charge is 2.37. The first kappa shape index (κ1) is 29.1. The number of rotatable bonds is 3. The molecule has 0 aliphatic carbocycles. The molecular weight excluding hydrogens is 605 g/mol. The van der Waals surface area contributed by atoms with E-state index in [0.29, 0.717) is 11.4 Å². The molecule has 0 atom stereocenters. The highest BCUT2D eigenvalue weighted by molar-refractivity contribution is 6.12. The molecule has 8 rings (SSSR count). The Bertz CT molecular complexity index is 2570. The molecule has 7 heteroatoms. The minimum atomic E-state index is -4.78. The van der Waals surface area contributed by atoms with E-state index < -0.39 is 11.7 Å². The van der Waals surface area contributed by atoms with E-state index in [-0.39, 0.29) is 22.3 Å². The third-order valence-corrected chi connectivity index (χ3v) is 9.10. The predicted molar refractivity (Wildman–Crippen MR) is 184 cm³/mol. The fourth-order valence-electron chi connectivity index (χ4n) is 7.13. The number of benzene rings is 6. The molecule has 0 radical (unpaired) electrons. The molecule has 0 aliphatic heterocycles.